The molecule has 0 saturated heterocycles. The maximum absolute atomic E-state index is 12.5. The van der Waals surface area contributed by atoms with Crippen LogP contribution in [0, 0.1) is 16.7 Å². The SMILES string of the molecule is CC1(C)C(C(=O)Nc2cnn(Cn3nnc4ccccc43)c2)C1(C)C. The summed E-state index contributed by atoms with van der Waals surface area (Å²) < 4.78 is 3.51. The highest BCUT2D eigenvalue weighted by molar-refractivity contribution is 5.95. The van der Waals surface area contributed by atoms with Gasteiger partial charge in [-0.1, -0.05) is 45.0 Å². The third kappa shape index (κ3) is 2.42. The summed E-state index contributed by atoms with van der Waals surface area (Å²) in [5, 5.41) is 15.6. The second-order valence-electron chi connectivity index (χ2n) is 7.85. The molecule has 2 aromatic heterocycles. The van der Waals surface area contributed by atoms with E-state index in [1.54, 1.807) is 15.6 Å². The van der Waals surface area contributed by atoms with Crippen LogP contribution in [0.3, 0.4) is 0 Å². The lowest BCUT2D eigenvalue weighted by atomic mass is 10.0. The van der Waals surface area contributed by atoms with Gasteiger partial charge in [0.15, 0.2) is 0 Å². The number of carbonyl (C=O) groups is 1. The lowest BCUT2D eigenvalue weighted by Crippen LogP contribution is -2.17. The summed E-state index contributed by atoms with van der Waals surface area (Å²) in [5.74, 6) is 0.0726. The first-order valence-electron chi connectivity index (χ1n) is 8.42. The molecule has 1 saturated carbocycles. The van der Waals surface area contributed by atoms with Gasteiger partial charge in [-0.05, 0) is 23.0 Å². The molecule has 2 heterocycles. The molecule has 1 aromatic carbocycles. The van der Waals surface area contributed by atoms with E-state index < -0.39 is 0 Å². The number of nitrogens with one attached hydrogen (secondary N) is 1. The molecule has 1 aliphatic carbocycles. The van der Waals surface area contributed by atoms with Crippen molar-refractivity contribution < 1.29 is 4.79 Å². The highest BCUT2D eigenvalue weighted by Crippen LogP contribution is 2.68. The number of hydrogen-bond donors (Lipinski definition) is 1. The Balaban J connectivity index is 1.47. The minimum absolute atomic E-state index is 0.0163. The molecule has 1 aliphatic rings. The summed E-state index contributed by atoms with van der Waals surface area (Å²) in [4.78, 5) is 12.5. The molecule has 0 spiro atoms. The molecule has 130 valence electrons. The van der Waals surface area contributed by atoms with Gasteiger partial charge in [0.1, 0.15) is 12.2 Å². The molecule has 7 nitrogen and oxygen atoms in total. The number of hydrogen-bond acceptors (Lipinski definition) is 4. The number of carbonyl (C=O) groups excluding carboxylic acids is 1. The summed E-state index contributed by atoms with van der Waals surface area (Å²) in [6, 6.07) is 7.78. The van der Waals surface area contributed by atoms with Gasteiger partial charge < -0.3 is 5.32 Å². The molecule has 3 aromatic rings. The van der Waals surface area contributed by atoms with Crippen LogP contribution < -0.4 is 5.32 Å². The number of fused-ring (bicyclic) bond motifs is 1. The maximum Gasteiger partial charge on any atom is 0.228 e. The second-order valence-corrected chi connectivity index (χ2v) is 7.85. The van der Waals surface area contributed by atoms with Gasteiger partial charge in [0.05, 0.1) is 23.6 Å². The Kier molecular flexibility index (Phi) is 3.25. The molecule has 25 heavy (non-hydrogen) atoms. The van der Waals surface area contributed by atoms with Gasteiger partial charge in [0.2, 0.25) is 5.91 Å². The predicted octanol–water partition coefficient (Wildman–Crippen LogP) is 2.75. The number of nitrogens with zero attached hydrogens (tertiary/aromatic N) is 5. The Morgan fingerprint density at radius 2 is 1.92 bits per heavy atom. The first kappa shape index (κ1) is 15.8. The first-order valence-corrected chi connectivity index (χ1v) is 8.42. The predicted molar refractivity (Wildman–Crippen MR) is 94.8 cm³/mol. The van der Waals surface area contributed by atoms with E-state index in [4.69, 9.17) is 0 Å². The molecule has 0 unspecified atom stereocenters. The normalized spacial score (nSPS) is 18.4. The average molecular weight is 338 g/mol. The van der Waals surface area contributed by atoms with E-state index in [2.05, 4.69) is 48.4 Å². The van der Waals surface area contributed by atoms with Crippen molar-refractivity contribution in [1.29, 1.82) is 0 Å². The Hall–Kier alpha value is -2.70. The van der Waals surface area contributed by atoms with Crippen molar-refractivity contribution in [3.05, 3.63) is 36.7 Å². The molecular weight excluding hydrogens is 316 g/mol. The molecule has 1 N–H and O–H groups in total. The zero-order valence-corrected chi connectivity index (χ0v) is 14.9. The van der Waals surface area contributed by atoms with Crippen LogP contribution in [0.1, 0.15) is 27.7 Å². The van der Waals surface area contributed by atoms with Crippen LogP contribution in [0.2, 0.25) is 0 Å². The largest absolute Gasteiger partial charge is 0.323 e. The fraction of sp³-hybridized carbons (Fsp3) is 0.444. The van der Waals surface area contributed by atoms with Gasteiger partial charge in [-0.3, -0.25) is 4.79 Å². The number of para-hydroxylation sites is 1. The van der Waals surface area contributed by atoms with E-state index in [0.29, 0.717) is 12.4 Å². The topological polar surface area (TPSA) is 77.6 Å². The highest BCUT2D eigenvalue weighted by Gasteiger charge is 2.68. The Morgan fingerprint density at radius 1 is 1.20 bits per heavy atom. The average Bonchev–Trinajstić information content (AvgIpc) is 2.98. The van der Waals surface area contributed by atoms with Crippen LogP contribution in [-0.2, 0) is 11.5 Å². The van der Waals surface area contributed by atoms with Crippen molar-refractivity contribution in [2.24, 2.45) is 16.7 Å². The monoisotopic (exact) mass is 338 g/mol. The Labute approximate surface area is 146 Å². The number of benzene rings is 1. The zero-order chi connectivity index (χ0) is 17.8. The summed E-state index contributed by atoms with van der Waals surface area (Å²) in [7, 11) is 0. The summed E-state index contributed by atoms with van der Waals surface area (Å²) in [6.45, 7) is 8.98. The van der Waals surface area contributed by atoms with Crippen molar-refractivity contribution in [2.75, 3.05) is 5.32 Å². The van der Waals surface area contributed by atoms with Crippen molar-refractivity contribution in [1.82, 2.24) is 24.8 Å². The first-order chi connectivity index (χ1) is 11.8. The van der Waals surface area contributed by atoms with Gasteiger partial charge in [0, 0.05) is 5.92 Å². The highest BCUT2D eigenvalue weighted by atomic mass is 16.2. The molecule has 0 aliphatic heterocycles. The molecule has 0 radical (unpaired) electrons. The van der Waals surface area contributed by atoms with Gasteiger partial charge in [-0.15, -0.1) is 5.10 Å². The molecule has 0 atom stereocenters. The molecule has 0 bridgehead atoms. The molecule has 7 heteroatoms. The lowest BCUT2D eigenvalue weighted by Gasteiger charge is -2.04. The van der Waals surface area contributed by atoms with E-state index in [1.165, 1.54) is 0 Å². The van der Waals surface area contributed by atoms with Crippen molar-refractivity contribution in [3.8, 4) is 0 Å². The minimum atomic E-state index is 0.0163. The van der Waals surface area contributed by atoms with E-state index >= 15 is 0 Å². The Bertz CT molecular complexity index is 937. The van der Waals surface area contributed by atoms with E-state index in [1.807, 2.05) is 30.5 Å². The molecule has 1 fully saturated rings. The number of amides is 1. The van der Waals surface area contributed by atoms with Crippen LogP contribution >= 0.6 is 0 Å². The second kappa shape index (κ2) is 5.15. The smallest absolute Gasteiger partial charge is 0.228 e. The van der Waals surface area contributed by atoms with E-state index in [9.17, 15) is 4.79 Å². The third-order valence-electron chi connectivity index (χ3n) is 5.88. The molecule has 4 rings (SSSR count). The van der Waals surface area contributed by atoms with Crippen LogP contribution in [-0.4, -0.2) is 30.7 Å². The summed E-state index contributed by atoms with van der Waals surface area (Å²) in [5.41, 5.74) is 2.54. The standard InChI is InChI=1S/C18H22N6O/c1-17(2)15(18(17,3)4)16(25)20-12-9-19-23(10-12)11-24-14-8-6-5-7-13(14)21-22-24/h5-10,15H,11H2,1-4H3,(H,20,25). The maximum atomic E-state index is 12.5. The molecular formula is C18H22N6O. The number of anilines is 1. The number of rotatable bonds is 4. The Morgan fingerprint density at radius 3 is 2.64 bits per heavy atom. The van der Waals surface area contributed by atoms with E-state index in [-0.39, 0.29) is 22.7 Å². The van der Waals surface area contributed by atoms with E-state index in [0.717, 1.165) is 11.0 Å². The van der Waals surface area contributed by atoms with Crippen LogP contribution in [0.25, 0.3) is 11.0 Å². The summed E-state index contributed by atoms with van der Waals surface area (Å²) in [6.07, 6.45) is 3.48. The van der Waals surface area contributed by atoms with Gasteiger partial charge in [-0.2, -0.15) is 5.10 Å². The van der Waals surface area contributed by atoms with Gasteiger partial charge >= 0.3 is 0 Å². The lowest BCUT2D eigenvalue weighted by molar-refractivity contribution is -0.118. The van der Waals surface area contributed by atoms with Crippen LogP contribution in [0.15, 0.2) is 36.7 Å². The molecule has 1 amide bonds. The van der Waals surface area contributed by atoms with Gasteiger partial charge in [0.25, 0.3) is 0 Å². The van der Waals surface area contributed by atoms with Crippen molar-refractivity contribution >= 4 is 22.6 Å². The van der Waals surface area contributed by atoms with Crippen LogP contribution in [0.4, 0.5) is 5.69 Å². The summed E-state index contributed by atoms with van der Waals surface area (Å²) >= 11 is 0. The van der Waals surface area contributed by atoms with Crippen molar-refractivity contribution in [3.63, 3.8) is 0 Å². The third-order valence-corrected chi connectivity index (χ3v) is 5.88. The van der Waals surface area contributed by atoms with Gasteiger partial charge in [-0.25, -0.2) is 9.36 Å². The fourth-order valence-electron chi connectivity index (χ4n) is 3.73. The fourth-order valence-corrected chi connectivity index (χ4v) is 3.73. The minimum Gasteiger partial charge on any atom is -0.323 e. The van der Waals surface area contributed by atoms with Crippen LogP contribution in [0.5, 0.6) is 0 Å². The van der Waals surface area contributed by atoms with Crippen molar-refractivity contribution in [2.45, 2.75) is 34.4 Å². The quantitative estimate of drug-likeness (QED) is 0.793. The number of aromatic nitrogens is 5. The zero-order valence-electron chi connectivity index (χ0n) is 14.9.